The maximum absolute atomic E-state index is 11.2. The van der Waals surface area contributed by atoms with E-state index in [9.17, 15) is 9.90 Å². The minimum atomic E-state index is -0.922. The molecule has 1 fully saturated rings. The summed E-state index contributed by atoms with van der Waals surface area (Å²) in [7, 11) is 1.77. The summed E-state index contributed by atoms with van der Waals surface area (Å²) in [6.07, 6.45) is 1.17. The van der Waals surface area contributed by atoms with Crippen LogP contribution in [0.25, 0.3) is 0 Å². The Morgan fingerprint density at radius 1 is 1.58 bits per heavy atom. The summed E-state index contributed by atoms with van der Waals surface area (Å²) in [5.74, 6) is 0.270. The lowest BCUT2D eigenvalue weighted by Gasteiger charge is -2.14. The number of anilines is 1. The first-order valence-corrected chi connectivity index (χ1v) is 6.76. The number of nitrogens with one attached hydrogen (secondary N) is 1. The van der Waals surface area contributed by atoms with Crippen LogP contribution in [-0.2, 0) is 7.05 Å². The molecule has 2 rings (SSSR count). The highest BCUT2D eigenvalue weighted by molar-refractivity contribution is 5.94. The third-order valence-corrected chi connectivity index (χ3v) is 3.81. The van der Waals surface area contributed by atoms with Crippen molar-refractivity contribution in [2.45, 2.75) is 20.3 Å². The van der Waals surface area contributed by atoms with Crippen LogP contribution in [0, 0.1) is 12.8 Å². The molecule has 1 aromatic heterocycles. The molecule has 106 valence electrons. The van der Waals surface area contributed by atoms with Crippen molar-refractivity contribution in [3.8, 4) is 0 Å². The van der Waals surface area contributed by atoms with Crippen LogP contribution in [0.1, 0.15) is 29.4 Å². The molecule has 1 unspecified atom stereocenters. The highest BCUT2D eigenvalue weighted by Gasteiger charge is 2.23. The number of carboxylic acid groups (broad SMARTS) is 1. The van der Waals surface area contributed by atoms with Crippen molar-refractivity contribution in [1.29, 1.82) is 0 Å². The van der Waals surface area contributed by atoms with Crippen LogP contribution in [-0.4, -0.2) is 51.9 Å². The van der Waals surface area contributed by atoms with Crippen molar-refractivity contribution >= 4 is 11.8 Å². The zero-order chi connectivity index (χ0) is 14.0. The van der Waals surface area contributed by atoms with Gasteiger partial charge in [-0.05, 0) is 32.4 Å². The number of aromatic nitrogens is 2. The van der Waals surface area contributed by atoms with E-state index in [-0.39, 0.29) is 5.56 Å². The Morgan fingerprint density at radius 2 is 2.32 bits per heavy atom. The van der Waals surface area contributed by atoms with Crippen molar-refractivity contribution in [1.82, 2.24) is 14.7 Å². The van der Waals surface area contributed by atoms with Gasteiger partial charge in [0.1, 0.15) is 11.4 Å². The molecule has 1 saturated heterocycles. The number of aryl methyl sites for hydroxylation is 2. The van der Waals surface area contributed by atoms with E-state index in [1.54, 1.807) is 18.7 Å². The first-order chi connectivity index (χ1) is 9.02. The average Bonchev–Trinajstić information content (AvgIpc) is 2.90. The number of hydrogen-bond donors (Lipinski definition) is 2. The van der Waals surface area contributed by atoms with E-state index in [0.29, 0.717) is 17.4 Å². The fourth-order valence-electron chi connectivity index (χ4n) is 2.72. The van der Waals surface area contributed by atoms with Gasteiger partial charge in [0.15, 0.2) is 0 Å². The molecule has 0 saturated carbocycles. The predicted octanol–water partition coefficient (Wildman–Crippen LogP) is 1.18. The summed E-state index contributed by atoms with van der Waals surface area (Å²) in [6, 6.07) is 0. The normalized spacial score (nSPS) is 19.8. The highest BCUT2D eigenvalue weighted by Crippen LogP contribution is 2.21. The molecule has 0 radical (unpaired) electrons. The predicted molar refractivity (Wildman–Crippen MR) is 73.6 cm³/mol. The lowest BCUT2D eigenvalue weighted by atomic mass is 10.1. The lowest BCUT2D eigenvalue weighted by Crippen LogP contribution is -2.23. The Kier molecular flexibility index (Phi) is 4.09. The monoisotopic (exact) mass is 266 g/mol. The molecule has 1 atom stereocenters. The van der Waals surface area contributed by atoms with Gasteiger partial charge in [0.05, 0.1) is 5.69 Å². The molecule has 2 heterocycles. The van der Waals surface area contributed by atoms with Gasteiger partial charge in [-0.25, -0.2) is 4.79 Å². The van der Waals surface area contributed by atoms with Gasteiger partial charge in [-0.3, -0.25) is 4.68 Å². The van der Waals surface area contributed by atoms with Gasteiger partial charge >= 0.3 is 5.97 Å². The molecule has 1 aliphatic rings. The van der Waals surface area contributed by atoms with Crippen LogP contribution in [0.4, 0.5) is 5.82 Å². The van der Waals surface area contributed by atoms with Gasteiger partial charge in [0.25, 0.3) is 0 Å². The van der Waals surface area contributed by atoms with Gasteiger partial charge < -0.3 is 15.3 Å². The van der Waals surface area contributed by atoms with E-state index in [2.05, 4.69) is 22.2 Å². The number of carboxylic acids is 1. The third-order valence-electron chi connectivity index (χ3n) is 3.81. The minimum Gasteiger partial charge on any atom is -0.477 e. The number of hydrogen-bond acceptors (Lipinski definition) is 4. The number of rotatable bonds is 5. The highest BCUT2D eigenvalue weighted by atomic mass is 16.4. The van der Waals surface area contributed by atoms with Crippen molar-refractivity contribution in [2.24, 2.45) is 13.0 Å². The quantitative estimate of drug-likeness (QED) is 0.837. The number of nitrogens with zero attached hydrogens (tertiary/aromatic N) is 3. The van der Waals surface area contributed by atoms with E-state index in [4.69, 9.17) is 0 Å². The summed E-state index contributed by atoms with van der Waals surface area (Å²) < 4.78 is 1.62. The molecule has 6 nitrogen and oxygen atoms in total. The van der Waals surface area contributed by atoms with Crippen LogP contribution in [0.5, 0.6) is 0 Å². The van der Waals surface area contributed by atoms with Crippen molar-refractivity contribution in [3.63, 3.8) is 0 Å². The fourth-order valence-corrected chi connectivity index (χ4v) is 2.72. The minimum absolute atomic E-state index is 0.285. The second-order valence-electron chi connectivity index (χ2n) is 5.17. The number of carbonyl (C=O) groups is 1. The topological polar surface area (TPSA) is 70.4 Å². The Bertz CT molecular complexity index is 469. The lowest BCUT2D eigenvalue weighted by molar-refractivity contribution is 0.0697. The Labute approximate surface area is 113 Å². The molecule has 0 aromatic carbocycles. The number of aromatic carboxylic acids is 1. The van der Waals surface area contributed by atoms with Crippen molar-refractivity contribution < 1.29 is 9.90 Å². The zero-order valence-electron chi connectivity index (χ0n) is 11.8. The maximum Gasteiger partial charge on any atom is 0.341 e. The molecule has 6 heteroatoms. The molecule has 1 aromatic rings. The van der Waals surface area contributed by atoms with E-state index >= 15 is 0 Å². The van der Waals surface area contributed by atoms with Gasteiger partial charge in [-0.1, -0.05) is 6.92 Å². The second-order valence-corrected chi connectivity index (χ2v) is 5.17. The van der Waals surface area contributed by atoms with Crippen molar-refractivity contribution in [3.05, 3.63) is 11.3 Å². The molecular weight excluding hydrogens is 244 g/mol. The maximum atomic E-state index is 11.2. The van der Waals surface area contributed by atoms with Crippen molar-refractivity contribution in [2.75, 3.05) is 31.5 Å². The summed E-state index contributed by atoms with van der Waals surface area (Å²) in [4.78, 5) is 13.7. The van der Waals surface area contributed by atoms with Crippen LogP contribution in [0.3, 0.4) is 0 Å². The van der Waals surface area contributed by atoms with Gasteiger partial charge in [-0.15, -0.1) is 0 Å². The average molecular weight is 266 g/mol. The van der Waals surface area contributed by atoms with Gasteiger partial charge in [-0.2, -0.15) is 5.10 Å². The first-order valence-electron chi connectivity index (χ1n) is 6.76. The van der Waals surface area contributed by atoms with Crippen LogP contribution >= 0.6 is 0 Å². The van der Waals surface area contributed by atoms with Crippen LogP contribution in [0.15, 0.2) is 0 Å². The zero-order valence-corrected chi connectivity index (χ0v) is 11.8. The summed E-state index contributed by atoms with van der Waals surface area (Å²) in [6.45, 7) is 8.01. The standard InChI is InChI=1S/C13H22N4O2/c1-4-17-6-5-10(8-17)7-14-12-11(13(18)19)9(2)15-16(12)3/h10,14H,4-8H2,1-3H3,(H,18,19). The molecule has 19 heavy (non-hydrogen) atoms. The van der Waals surface area contributed by atoms with Crippen LogP contribution in [0.2, 0.25) is 0 Å². The smallest absolute Gasteiger partial charge is 0.341 e. The SMILES string of the molecule is CCN1CCC(CNc2c(C(=O)O)c(C)nn2C)C1. The Morgan fingerprint density at radius 3 is 2.89 bits per heavy atom. The van der Waals surface area contributed by atoms with E-state index < -0.39 is 5.97 Å². The molecule has 0 spiro atoms. The molecule has 0 aliphatic carbocycles. The number of likely N-dealkylation sites (tertiary alicyclic amines) is 1. The summed E-state index contributed by atoms with van der Waals surface area (Å²) in [5, 5.41) is 16.7. The molecule has 1 aliphatic heterocycles. The molecule has 2 N–H and O–H groups in total. The van der Waals surface area contributed by atoms with E-state index in [1.807, 2.05) is 0 Å². The third kappa shape index (κ3) is 2.89. The van der Waals surface area contributed by atoms with E-state index in [0.717, 1.165) is 26.2 Å². The molecule has 0 bridgehead atoms. The first kappa shape index (κ1) is 13.9. The van der Waals surface area contributed by atoms with Crippen LogP contribution < -0.4 is 5.32 Å². The second kappa shape index (κ2) is 5.61. The Balaban J connectivity index is 2.02. The van der Waals surface area contributed by atoms with E-state index in [1.165, 1.54) is 6.42 Å². The largest absolute Gasteiger partial charge is 0.477 e. The van der Waals surface area contributed by atoms with Gasteiger partial charge in [0, 0.05) is 20.1 Å². The molecular formula is C13H22N4O2. The molecule has 0 amide bonds. The Hall–Kier alpha value is -1.56. The summed E-state index contributed by atoms with van der Waals surface area (Å²) in [5.41, 5.74) is 0.840. The summed E-state index contributed by atoms with van der Waals surface area (Å²) >= 11 is 0. The fraction of sp³-hybridized carbons (Fsp3) is 0.692. The van der Waals surface area contributed by atoms with Gasteiger partial charge in [0.2, 0.25) is 0 Å².